The highest BCUT2D eigenvalue weighted by Crippen LogP contribution is 2.47. The summed E-state index contributed by atoms with van der Waals surface area (Å²) in [7, 11) is -2.11. The van der Waals surface area contributed by atoms with Crippen LogP contribution in [0.3, 0.4) is 0 Å². The lowest BCUT2D eigenvalue weighted by Gasteiger charge is -2.60. The smallest absolute Gasteiger partial charge is 0.272 e. The van der Waals surface area contributed by atoms with Crippen LogP contribution < -0.4 is 0 Å². The standard InChI is InChI=1S/C27H36O6Si/c1-27(2,3)34(4,5)33-25-23-20(28-16-18-12-8-6-9-13-18)22-21(24(25)32-26(30-22)31-23)29-17-19-14-10-7-11-15-19/h6-15,20-26H,16-17H2,1-5H3/t20-,21+,22?,23-,24+,25?,26?. The third-order valence-corrected chi connectivity index (χ3v) is 12.0. The van der Waals surface area contributed by atoms with Crippen LogP contribution >= 0.6 is 0 Å². The molecule has 6 nitrogen and oxygen atoms in total. The zero-order valence-corrected chi connectivity index (χ0v) is 21.7. The largest absolute Gasteiger partial charge is 0.408 e. The molecule has 184 valence electrons. The number of ether oxygens (including phenoxy) is 5. The van der Waals surface area contributed by atoms with Crippen molar-refractivity contribution in [1.29, 1.82) is 0 Å². The highest BCUT2D eigenvalue weighted by atomic mass is 28.4. The summed E-state index contributed by atoms with van der Waals surface area (Å²) in [4.78, 5) is 0. The Morgan fingerprint density at radius 1 is 0.676 bits per heavy atom. The molecule has 0 N–H and O–H groups in total. The van der Waals surface area contributed by atoms with E-state index < -0.39 is 14.8 Å². The predicted octanol–water partition coefficient (Wildman–Crippen LogP) is 5.03. The van der Waals surface area contributed by atoms with Crippen LogP contribution in [-0.4, -0.2) is 51.4 Å². The number of rotatable bonds is 8. The van der Waals surface area contributed by atoms with E-state index in [1.54, 1.807) is 0 Å². The van der Waals surface area contributed by atoms with Crippen LogP contribution in [0.5, 0.6) is 0 Å². The van der Waals surface area contributed by atoms with Crippen molar-refractivity contribution in [3.8, 4) is 0 Å². The van der Waals surface area contributed by atoms with Crippen LogP contribution in [-0.2, 0) is 41.3 Å². The number of hydrogen-bond donors (Lipinski definition) is 0. The van der Waals surface area contributed by atoms with E-state index in [2.05, 4.69) is 58.1 Å². The Kier molecular flexibility index (Phi) is 6.72. The van der Waals surface area contributed by atoms with Gasteiger partial charge in [0.25, 0.3) is 6.48 Å². The highest BCUT2D eigenvalue weighted by Gasteiger charge is 2.64. The molecule has 7 heteroatoms. The Morgan fingerprint density at radius 3 is 1.50 bits per heavy atom. The van der Waals surface area contributed by atoms with E-state index in [4.69, 9.17) is 28.1 Å². The Morgan fingerprint density at radius 2 is 1.09 bits per heavy atom. The molecule has 2 aromatic rings. The van der Waals surface area contributed by atoms with Crippen molar-refractivity contribution < 1.29 is 28.1 Å². The Bertz CT molecular complexity index is 885. The van der Waals surface area contributed by atoms with Crippen LogP contribution in [0.4, 0.5) is 0 Å². The van der Waals surface area contributed by atoms with Crippen molar-refractivity contribution in [3.63, 3.8) is 0 Å². The lowest BCUT2D eigenvalue weighted by atomic mass is 9.82. The molecule has 3 unspecified atom stereocenters. The van der Waals surface area contributed by atoms with Gasteiger partial charge in [0.2, 0.25) is 0 Å². The fourth-order valence-corrected chi connectivity index (χ4v) is 5.93. The van der Waals surface area contributed by atoms with Gasteiger partial charge in [0.15, 0.2) is 8.32 Å². The van der Waals surface area contributed by atoms with Crippen LogP contribution in [0, 0.1) is 0 Å². The molecule has 0 amide bonds. The maximum absolute atomic E-state index is 6.92. The molecule has 3 aliphatic heterocycles. The van der Waals surface area contributed by atoms with Gasteiger partial charge < -0.3 is 28.1 Å². The lowest BCUT2D eigenvalue weighted by molar-refractivity contribution is -0.485. The van der Waals surface area contributed by atoms with Gasteiger partial charge in [-0.3, -0.25) is 0 Å². The fourth-order valence-electron chi connectivity index (χ4n) is 4.63. The Hall–Kier alpha value is -1.58. The molecule has 4 bridgehead atoms. The van der Waals surface area contributed by atoms with Crippen LogP contribution in [0.25, 0.3) is 0 Å². The van der Waals surface area contributed by atoms with Gasteiger partial charge >= 0.3 is 0 Å². The molecule has 0 spiro atoms. The summed E-state index contributed by atoms with van der Waals surface area (Å²) >= 11 is 0. The van der Waals surface area contributed by atoms with Gasteiger partial charge in [0.05, 0.1) is 13.2 Å². The molecule has 0 aromatic heterocycles. The van der Waals surface area contributed by atoms with E-state index in [1.807, 2.05) is 36.4 Å². The second-order valence-corrected chi connectivity index (χ2v) is 15.7. The summed E-state index contributed by atoms with van der Waals surface area (Å²) in [6.45, 7) is 11.5. The lowest BCUT2D eigenvalue weighted by Crippen LogP contribution is -2.77. The van der Waals surface area contributed by atoms with Crippen LogP contribution in [0.1, 0.15) is 31.9 Å². The molecular weight excluding hydrogens is 448 g/mol. The van der Waals surface area contributed by atoms with Crippen molar-refractivity contribution in [3.05, 3.63) is 71.8 Å². The maximum atomic E-state index is 6.92. The van der Waals surface area contributed by atoms with E-state index in [0.29, 0.717) is 13.2 Å². The zero-order valence-electron chi connectivity index (χ0n) is 20.7. The molecule has 3 saturated heterocycles. The number of hydrogen-bond acceptors (Lipinski definition) is 6. The molecule has 3 heterocycles. The van der Waals surface area contributed by atoms with Crippen LogP contribution in [0.2, 0.25) is 18.1 Å². The second kappa shape index (κ2) is 9.46. The van der Waals surface area contributed by atoms with Crippen molar-refractivity contribution >= 4 is 8.32 Å². The Labute approximate surface area is 203 Å². The first-order valence-corrected chi connectivity index (χ1v) is 15.1. The molecule has 4 fully saturated rings. The molecule has 34 heavy (non-hydrogen) atoms. The summed E-state index contributed by atoms with van der Waals surface area (Å²) in [6.07, 6.45) is -1.72. The van der Waals surface area contributed by atoms with E-state index in [9.17, 15) is 0 Å². The fraction of sp³-hybridized carbons (Fsp3) is 0.556. The van der Waals surface area contributed by atoms with Gasteiger partial charge in [0, 0.05) is 0 Å². The van der Waals surface area contributed by atoms with Gasteiger partial charge in [-0.25, -0.2) is 0 Å². The molecule has 6 rings (SSSR count). The summed E-state index contributed by atoms with van der Waals surface area (Å²) in [6, 6.07) is 20.3. The first-order chi connectivity index (χ1) is 16.2. The zero-order chi connectivity index (χ0) is 23.9. The van der Waals surface area contributed by atoms with Gasteiger partial charge in [0.1, 0.15) is 36.6 Å². The average Bonchev–Trinajstić information content (AvgIpc) is 2.81. The minimum atomic E-state index is -2.11. The SMILES string of the molecule is CC(C)(C)[Si](C)(C)OC1[C@H]2OC3OC([C@@H](OCc4ccccc4)[C@H]1O3)[C@@H]2OCc1ccccc1. The van der Waals surface area contributed by atoms with E-state index in [-0.39, 0.29) is 41.7 Å². The van der Waals surface area contributed by atoms with Gasteiger partial charge in [-0.1, -0.05) is 81.4 Å². The van der Waals surface area contributed by atoms with Gasteiger partial charge in [-0.15, -0.1) is 0 Å². The van der Waals surface area contributed by atoms with E-state index in [0.717, 1.165) is 11.1 Å². The molecule has 7 atom stereocenters. The van der Waals surface area contributed by atoms with Crippen molar-refractivity contribution in [2.45, 2.75) is 95.2 Å². The highest BCUT2D eigenvalue weighted by molar-refractivity contribution is 6.74. The second-order valence-electron chi connectivity index (χ2n) is 11.0. The van der Waals surface area contributed by atoms with Crippen LogP contribution in [0.15, 0.2) is 60.7 Å². The Balaban J connectivity index is 1.40. The predicted molar refractivity (Wildman–Crippen MR) is 131 cm³/mol. The monoisotopic (exact) mass is 484 g/mol. The quantitative estimate of drug-likeness (QED) is 0.490. The third kappa shape index (κ3) is 4.75. The average molecular weight is 485 g/mol. The molecular formula is C27H36O6Si. The maximum Gasteiger partial charge on any atom is 0.272 e. The molecule has 1 aliphatic carbocycles. The molecule has 2 aromatic carbocycles. The van der Waals surface area contributed by atoms with Crippen molar-refractivity contribution in [2.75, 3.05) is 0 Å². The third-order valence-electron chi connectivity index (χ3n) is 7.55. The molecule has 4 aliphatic rings. The number of benzene rings is 2. The minimum absolute atomic E-state index is 0.0545. The first kappa shape index (κ1) is 24.1. The minimum Gasteiger partial charge on any atom is -0.408 e. The van der Waals surface area contributed by atoms with Crippen molar-refractivity contribution in [2.24, 2.45) is 0 Å². The summed E-state index contributed by atoms with van der Waals surface area (Å²) in [5.74, 6) is 0. The van der Waals surface area contributed by atoms with Crippen molar-refractivity contribution in [1.82, 2.24) is 0 Å². The topological polar surface area (TPSA) is 55.4 Å². The van der Waals surface area contributed by atoms with Gasteiger partial charge in [-0.05, 0) is 29.3 Å². The summed E-state index contributed by atoms with van der Waals surface area (Å²) in [5.41, 5.74) is 2.22. The van der Waals surface area contributed by atoms with Gasteiger partial charge in [-0.2, -0.15) is 0 Å². The molecule has 1 saturated carbocycles. The normalized spacial score (nSPS) is 32.8. The molecule has 0 radical (unpaired) electrons. The van der Waals surface area contributed by atoms with E-state index in [1.165, 1.54) is 0 Å². The summed E-state index contributed by atoms with van der Waals surface area (Å²) in [5, 5.41) is 0.0545. The summed E-state index contributed by atoms with van der Waals surface area (Å²) < 4.78 is 38.3. The first-order valence-electron chi connectivity index (χ1n) is 12.2. The van der Waals surface area contributed by atoms with E-state index >= 15 is 0 Å².